The Morgan fingerprint density at radius 3 is 2.75 bits per heavy atom. The van der Waals surface area contributed by atoms with E-state index in [0.717, 1.165) is 0 Å². The summed E-state index contributed by atoms with van der Waals surface area (Å²) in [6.07, 6.45) is 0.538. The maximum atomic E-state index is 12.4. The molecule has 2 aromatic carbocycles. The lowest BCUT2D eigenvalue weighted by atomic mass is 10.1. The molecule has 5 heteroatoms. The molecule has 3 aromatic rings. The second kappa shape index (κ2) is 4.38. The Hall–Kier alpha value is -2.82. The van der Waals surface area contributed by atoms with Crippen molar-refractivity contribution in [2.45, 2.75) is 0 Å². The molecule has 0 unspecified atom stereocenters. The van der Waals surface area contributed by atoms with Gasteiger partial charge in [0.2, 0.25) is 11.2 Å². The zero-order valence-electron chi connectivity index (χ0n) is 10.5. The van der Waals surface area contributed by atoms with Gasteiger partial charge in [-0.05, 0) is 18.2 Å². The first kappa shape index (κ1) is 12.2. The number of phenolic OH excluding ortho intramolecular Hbond substituents is 1. The minimum Gasteiger partial charge on any atom is -0.502 e. The monoisotopic (exact) mass is 270 g/mol. The van der Waals surface area contributed by atoms with E-state index in [1.165, 1.54) is 13.2 Å². The summed E-state index contributed by atoms with van der Waals surface area (Å²) >= 11 is 0. The Morgan fingerprint density at radius 1 is 1.30 bits per heavy atom. The first-order valence-corrected chi connectivity index (χ1v) is 5.88. The smallest absolute Gasteiger partial charge is 0.202 e. The molecule has 1 N–H and O–H groups in total. The van der Waals surface area contributed by atoms with Crippen molar-refractivity contribution < 1.29 is 19.1 Å². The number of fused-ring (bicyclic) bond motifs is 2. The molecule has 1 aromatic heterocycles. The van der Waals surface area contributed by atoms with Crippen LogP contribution in [0.3, 0.4) is 0 Å². The number of aldehydes is 1. The molecule has 0 aliphatic carbocycles. The van der Waals surface area contributed by atoms with Crippen LogP contribution in [0.25, 0.3) is 21.9 Å². The summed E-state index contributed by atoms with van der Waals surface area (Å²) in [6.45, 7) is 0. The Labute approximate surface area is 113 Å². The molecule has 0 spiro atoms. The van der Waals surface area contributed by atoms with E-state index in [1.54, 1.807) is 24.3 Å². The van der Waals surface area contributed by atoms with E-state index < -0.39 is 0 Å². The number of hydrogen-bond acceptors (Lipinski definition) is 5. The second-order valence-corrected chi connectivity index (χ2v) is 4.27. The number of aromatic hydroxyl groups is 1. The summed E-state index contributed by atoms with van der Waals surface area (Å²) in [4.78, 5) is 23.6. The summed E-state index contributed by atoms with van der Waals surface area (Å²) in [6, 6.07) is 7.96. The van der Waals surface area contributed by atoms with Crippen molar-refractivity contribution >= 4 is 28.2 Å². The van der Waals surface area contributed by atoms with Crippen molar-refractivity contribution in [2.75, 3.05) is 7.11 Å². The van der Waals surface area contributed by atoms with Crippen LogP contribution in [0, 0.1) is 0 Å². The van der Waals surface area contributed by atoms with Crippen LogP contribution in [0.1, 0.15) is 10.4 Å². The molecule has 100 valence electrons. The number of carbonyl (C=O) groups excluding carboxylic acids is 1. The summed E-state index contributed by atoms with van der Waals surface area (Å²) in [7, 11) is 1.36. The third-order valence-corrected chi connectivity index (χ3v) is 3.17. The van der Waals surface area contributed by atoms with Gasteiger partial charge in [-0.25, -0.2) is 0 Å². The van der Waals surface area contributed by atoms with Crippen LogP contribution in [0.5, 0.6) is 11.5 Å². The van der Waals surface area contributed by atoms with Crippen LogP contribution < -0.4 is 10.2 Å². The number of phenols is 1. The summed E-state index contributed by atoms with van der Waals surface area (Å²) in [5.41, 5.74) is 0.0524. The predicted molar refractivity (Wildman–Crippen MR) is 73.6 cm³/mol. The fourth-order valence-electron chi connectivity index (χ4n) is 2.21. The Morgan fingerprint density at radius 2 is 2.05 bits per heavy atom. The molecule has 0 bridgehead atoms. The minimum absolute atomic E-state index is 0.0462. The van der Waals surface area contributed by atoms with Gasteiger partial charge >= 0.3 is 0 Å². The van der Waals surface area contributed by atoms with Crippen molar-refractivity contribution in [3.05, 3.63) is 46.1 Å². The van der Waals surface area contributed by atoms with Crippen LogP contribution >= 0.6 is 0 Å². The highest BCUT2D eigenvalue weighted by Gasteiger charge is 2.18. The average Bonchev–Trinajstić information content (AvgIpc) is 2.48. The molecule has 0 saturated heterocycles. The third-order valence-electron chi connectivity index (χ3n) is 3.17. The molecule has 1 heterocycles. The van der Waals surface area contributed by atoms with E-state index in [4.69, 9.17) is 9.15 Å². The van der Waals surface area contributed by atoms with E-state index in [1.807, 2.05) is 0 Å². The van der Waals surface area contributed by atoms with E-state index >= 15 is 0 Å². The fraction of sp³-hybridized carbons (Fsp3) is 0.0667. The molecule has 0 radical (unpaired) electrons. The highest BCUT2D eigenvalue weighted by molar-refractivity contribution is 6.03. The normalized spacial score (nSPS) is 10.8. The number of benzene rings is 2. The van der Waals surface area contributed by atoms with Gasteiger partial charge in [-0.15, -0.1) is 0 Å². The van der Waals surface area contributed by atoms with Gasteiger partial charge in [0.15, 0.2) is 17.6 Å². The lowest BCUT2D eigenvalue weighted by molar-refractivity contribution is 0.112. The first-order valence-electron chi connectivity index (χ1n) is 5.88. The maximum Gasteiger partial charge on any atom is 0.202 e. The largest absolute Gasteiger partial charge is 0.502 e. The van der Waals surface area contributed by atoms with Gasteiger partial charge in [0.25, 0.3) is 0 Å². The van der Waals surface area contributed by atoms with E-state index in [0.29, 0.717) is 17.3 Å². The van der Waals surface area contributed by atoms with Crippen molar-refractivity contribution in [1.82, 2.24) is 0 Å². The fourth-order valence-corrected chi connectivity index (χ4v) is 2.21. The Balaban J connectivity index is 2.64. The Kier molecular flexibility index (Phi) is 2.68. The molecule has 0 saturated carbocycles. The Bertz CT molecular complexity index is 892. The summed E-state index contributed by atoms with van der Waals surface area (Å²) < 4.78 is 10.5. The van der Waals surface area contributed by atoms with Crippen LogP contribution in [-0.2, 0) is 0 Å². The predicted octanol–water partition coefficient (Wildman–Crippen LogP) is 2.47. The minimum atomic E-state index is -0.359. The molecule has 5 nitrogen and oxygen atoms in total. The van der Waals surface area contributed by atoms with Gasteiger partial charge < -0.3 is 14.3 Å². The molecule has 0 atom stereocenters. The molecular weight excluding hydrogens is 260 g/mol. The molecule has 0 aliphatic rings. The van der Waals surface area contributed by atoms with Crippen LogP contribution in [0.15, 0.2) is 39.5 Å². The standard InChI is InChI=1S/C15H10O5/c1-19-11-6-8(7-16)12-13(17)9-4-2-3-5-10(9)20-15(12)14(11)18/h2-7,18H,1H3. The number of para-hydroxylation sites is 1. The molecule has 3 rings (SSSR count). The number of carbonyl (C=O) groups is 1. The van der Waals surface area contributed by atoms with Crippen LogP contribution in [0.4, 0.5) is 0 Å². The highest BCUT2D eigenvalue weighted by Crippen LogP contribution is 2.36. The quantitative estimate of drug-likeness (QED) is 0.571. The molecular formula is C15H10O5. The van der Waals surface area contributed by atoms with Gasteiger partial charge in [-0.2, -0.15) is 0 Å². The zero-order chi connectivity index (χ0) is 14.3. The molecule has 0 fully saturated rings. The number of ether oxygens (including phenoxy) is 1. The van der Waals surface area contributed by atoms with Gasteiger partial charge in [0.1, 0.15) is 5.58 Å². The summed E-state index contributed by atoms with van der Waals surface area (Å²) in [5, 5.41) is 10.5. The van der Waals surface area contributed by atoms with Crippen LogP contribution in [0.2, 0.25) is 0 Å². The van der Waals surface area contributed by atoms with Crippen molar-refractivity contribution in [2.24, 2.45) is 0 Å². The van der Waals surface area contributed by atoms with Gasteiger partial charge in [-0.3, -0.25) is 9.59 Å². The topological polar surface area (TPSA) is 76.7 Å². The summed E-state index contributed by atoms with van der Waals surface area (Å²) in [5.74, 6) is -0.214. The third kappa shape index (κ3) is 1.56. The van der Waals surface area contributed by atoms with E-state index in [-0.39, 0.29) is 33.5 Å². The van der Waals surface area contributed by atoms with Crippen LogP contribution in [-0.4, -0.2) is 18.5 Å². The number of hydrogen-bond donors (Lipinski definition) is 1. The second-order valence-electron chi connectivity index (χ2n) is 4.27. The lowest BCUT2D eigenvalue weighted by Gasteiger charge is -2.08. The molecule has 0 aliphatic heterocycles. The lowest BCUT2D eigenvalue weighted by Crippen LogP contribution is -2.05. The van der Waals surface area contributed by atoms with E-state index in [9.17, 15) is 14.7 Å². The zero-order valence-corrected chi connectivity index (χ0v) is 10.5. The van der Waals surface area contributed by atoms with Gasteiger partial charge in [0, 0.05) is 5.56 Å². The maximum absolute atomic E-state index is 12.4. The average molecular weight is 270 g/mol. The van der Waals surface area contributed by atoms with Crippen molar-refractivity contribution in [1.29, 1.82) is 0 Å². The molecule has 0 amide bonds. The highest BCUT2D eigenvalue weighted by atomic mass is 16.5. The van der Waals surface area contributed by atoms with E-state index in [2.05, 4.69) is 0 Å². The van der Waals surface area contributed by atoms with Crippen molar-refractivity contribution in [3.63, 3.8) is 0 Å². The number of methoxy groups -OCH3 is 1. The van der Waals surface area contributed by atoms with Gasteiger partial charge in [-0.1, -0.05) is 12.1 Å². The SMILES string of the molecule is COc1cc(C=O)c2c(=O)c3ccccc3oc2c1O. The van der Waals surface area contributed by atoms with Gasteiger partial charge in [0.05, 0.1) is 17.9 Å². The first-order chi connectivity index (χ1) is 9.67. The van der Waals surface area contributed by atoms with Crippen molar-refractivity contribution in [3.8, 4) is 11.5 Å². The molecule has 20 heavy (non-hydrogen) atoms. The number of rotatable bonds is 2.